The molecule has 0 aliphatic heterocycles. The van der Waals surface area contributed by atoms with Crippen LogP contribution in [-0.4, -0.2) is 20.7 Å². The summed E-state index contributed by atoms with van der Waals surface area (Å²) in [4.78, 5) is 0. The number of hydrogen-bond donors (Lipinski definition) is 0. The van der Waals surface area contributed by atoms with Crippen molar-refractivity contribution in [3.05, 3.63) is 11.6 Å². The highest BCUT2D eigenvalue weighted by molar-refractivity contribution is 6.40. The van der Waals surface area contributed by atoms with Crippen molar-refractivity contribution in [1.29, 1.82) is 0 Å². The lowest BCUT2D eigenvalue weighted by Crippen LogP contribution is -2.28. The molecule has 2 radical (unpaired) electrons. The maximum absolute atomic E-state index is 5.58. The molecule has 86 valence electrons. The van der Waals surface area contributed by atoms with Gasteiger partial charge in [0, 0.05) is 0 Å². The van der Waals surface area contributed by atoms with Gasteiger partial charge in [0.05, 0.1) is 9.52 Å². The van der Waals surface area contributed by atoms with Crippen LogP contribution in [0.5, 0.6) is 0 Å². The minimum Gasteiger partial charge on any atom is -0.447 e. The molecule has 0 fully saturated rings. The van der Waals surface area contributed by atoms with E-state index in [1.165, 1.54) is 0 Å². The molecular formula is C13H18O2Si. The standard InChI is InChI=1S/C13H18O2Si/c1-8-12(3,4)14-11(10-16-7)15-13(5,6)9-2/h1-2,10H,3-7H3. The molecule has 0 aliphatic carbocycles. The van der Waals surface area contributed by atoms with Gasteiger partial charge in [-0.25, -0.2) is 0 Å². The summed E-state index contributed by atoms with van der Waals surface area (Å²) in [7, 11) is 0.563. The number of rotatable bonds is 5. The average molecular weight is 234 g/mol. The van der Waals surface area contributed by atoms with E-state index in [0.29, 0.717) is 15.5 Å². The fraction of sp³-hybridized carbons (Fsp3) is 0.538. The second kappa shape index (κ2) is 5.68. The monoisotopic (exact) mass is 234 g/mol. The smallest absolute Gasteiger partial charge is 0.273 e. The molecule has 0 aromatic rings. The summed E-state index contributed by atoms with van der Waals surface area (Å²) in [5.41, 5.74) is 0.449. The largest absolute Gasteiger partial charge is 0.447 e. The Bertz CT molecular complexity index is 310. The molecule has 0 unspecified atom stereocenters. The van der Waals surface area contributed by atoms with Gasteiger partial charge in [0.25, 0.3) is 5.95 Å². The molecule has 0 rings (SSSR count). The summed E-state index contributed by atoms with van der Waals surface area (Å²) in [6.45, 7) is 9.20. The van der Waals surface area contributed by atoms with Crippen molar-refractivity contribution in [1.82, 2.24) is 0 Å². The summed E-state index contributed by atoms with van der Waals surface area (Å²) in [5.74, 6) is 5.48. The van der Waals surface area contributed by atoms with Gasteiger partial charge >= 0.3 is 0 Å². The normalized spacial score (nSPS) is 10.9. The molecule has 0 bridgehead atoms. The predicted molar refractivity (Wildman–Crippen MR) is 67.7 cm³/mol. The average Bonchev–Trinajstić information content (AvgIpc) is 2.17. The number of ether oxygens (including phenoxy) is 2. The van der Waals surface area contributed by atoms with E-state index in [1.54, 1.807) is 27.7 Å². The van der Waals surface area contributed by atoms with Gasteiger partial charge in [-0.2, -0.15) is 0 Å². The van der Waals surface area contributed by atoms with Crippen molar-refractivity contribution < 1.29 is 9.47 Å². The highest BCUT2D eigenvalue weighted by Gasteiger charge is 2.23. The third-order valence-corrected chi connectivity index (χ3v) is 2.19. The van der Waals surface area contributed by atoms with Crippen LogP contribution in [0.4, 0.5) is 0 Å². The predicted octanol–water partition coefficient (Wildman–Crippen LogP) is 2.39. The van der Waals surface area contributed by atoms with Gasteiger partial charge in [-0.05, 0) is 33.4 Å². The van der Waals surface area contributed by atoms with Crippen LogP contribution in [0.3, 0.4) is 0 Å². The second-order valence-corrected chi connectivity index (χ2v) is 5.13. The van der Waals surface area contributed by atoms with Gasteiger partial charge in [-0.3, -0.25) is 0 Å². The first-order chi connectivity index (χ1) is 7.26. The van der Waals surface area contributed by atoms with Gasteiger partial charge in [0.1, 0.15) is 0 Å². The van der Waals surface area contributed by atoms with E-state index in [9.17, 15) is 0 Å². The van der Waals surface area contributed by atoms with E-state index >= 15 is 0 Å². The quantitative estimate of drug-likeness (QED) is 0.413. The first-order valence-corrected chi connectivity index (χ1v) is 6.55. The zero-order chi connectivity index (χ0) is 12.8. The zero-order valence-electron chi connectivity index (χ0n) is 10.5. The molecule has 0 amide bonds. The van der Waals surface area contributed by atoms with Crippen molar-refractivity contribution in [2.24, 2.45) is 0 Å². The summed E-state index contributed by atoms with van der Waals surface area (Å²) in [5, 5.41) is 0. The van der Waals surface area contributed by atoms with Crippen LogP contribution in [-0.2, 0) is 9.47 Å². The maximum atomic E-state index is 5.58. The summed E-state index contributed by atoms with van der Waals surface area (Å²) < 4.78 is 11.2. The van der Waals surface area contributed by atoms with E-state index in [1.807, 2.05) is 12.2 Å². The Kier molecular flexibility index (Phi) is 5.21. The van der Waals surface area contributed by atoms with Crippen LogP contribution in [0.15, 0.2) is 11.6 Å². The lowest BCUT2D eigenvalue weighted by Gasteiger charge is -2.27. The molecule has 0 atom stereocenters. The number of hydrogen-bond acceptors (Lipinski definition) is 2. The Morgan fingerprint density at radius 1 is 1.06 bits per heavy atom. The molecule has 2 nitrogen and oxygen atoms in total. The summed E-state index contributed by atoms with van der Waals surface area (Å²) in [6.07, 6.45) is 10.7. The van der Waals surface area contributed by atoms with Crippen molar-refractivity contribution in [3.8, 4) is 24.7 Å². The Morgan fingerprint density at radius 3 is 1.69 bits per heavy atom. The van der Waals surface area contributed by atoms with Crippen LogP contribution in [0.1, 0.15) is 27.7 Å². The van der Waals surface area contributed by atoms with Crippen LogP contribution >= 0.6 is 0 Å². The molecule has 0 saturated heterocycles. The van der Waals surface area contributed by atoms with E-state index in [-0.39, 0.29) is 0 Å². The van der Waals surface area contributed by atoms with Crippen molar-refractivity contribution >= 4 is 9.52 Å². The Labute approximate surface area is 101 Å². The van der Waals surface area contributed by atoms with E-state index in [2.05, 4.69) is 11.8 Å². The van der Waals surface area contributed by atoms with Gasteiger partial charge in [0.15, 0.2) is 11.2 Å². The first-order valence-electron chi connectivity index (χ1n) is 4.97. The Hall–Kier alpha value is -1.32. The SMILES string of the molecule is C#CC(C)(C)OC(=C[Si]C)OC(C)(C)C#C. The highest BCUT2D eigenvalue weighted by Crippen LogP contribution is 2.20. The minimum atomic E-state index is -0.698. The van der Waals surface area contributed by atoms with Crippen LogP contribution in [0.2, 0.25) is 6.55 Å². The Morgan fingerprint density at radius 2 is 1.44 bits per heavy atom. The third kappa shape index (κ3) is 5.53. The fourth-order valence-electron chi connectivity index (χ4n) is 0.759. The third-order valence-electron chi connectivity index (χ3n) is 1.67. The van der Waals surface area contributed by atoms with Crippen LogP contribution in [0.25, 0.3) is 0 Å². The molecule has 0 saturated carbocycles. The Balaban J connectivity index is 4.76. The number of terminal acetylenes is 2. The zero-order valence-corrected chi connectivity index (χ0v) is 11.5. The van der Waals surface area contributed by atoms with Gasteiger partial charge in [-0.15, -0.1) is 12.8 Å². The molecule has 0 aliphatic rings. The van der Waals surface area contributed by atoms with E-state index in [0.717, 1.165) is 0 Å². The van der Waals surface area contributed by atoms with Crippen LogP contribution in [0, 0.1) is 24.7 Å². The lowest BCUT2D eigenvalue weighted by atomic mass is 10.1. The van der Waals surface area contributed by atoms with Crippen LogP contribution < -0.4 is 0 Å². The summed E-state index contributed by atoms with van der Waals surface area (Å²) in [6, 6.07) is 0. The van der Waals surface area contributed by atoms with Gasteiger partial charge < -0.3 is 9.47 Å². The maximum Gasteiger partial charge on any atom is 0.273 e. The molecule has 16 heavy (non-hydrogen) atoms. The first kappa shape index (κ1) is 14.7. The topological polar surface area (TPSA) is 18.5 Å². The molecule has 3 heteroatoms. The van der Waals surface area contributed by atoms with E-state index < -0.39 is 11.2 Å². The molecule has 0 heterocycles. The highest BCUT2D eigenvalue weighted by atomic mass is 28.2. The summed E-state index contributed by atoms with van der Waals surface area (Å²) >= 11 is 0. The molecule has 0 aromatic heterocycles. The van der Waals surface area contributed by atoms with E-state index in [4.69, 9.17) is 22.3 Å². The van der Waals surface area contributed by atoms with Gasteiger partial charge in [0.2, 0.25) is 0 Å². The minimum absolute atomic E-state index is 0.395. The van der Waals surface area contributed by atoms with Crippen molar-refractivity contribution in [3.63, 3.8) is 0 Å². The van der Waals surface area contributed by atoms with Crippen molar-refractivity contribution in [2.45, 2.75) is 45.4 Å². The molecule has 0 aromatic carbocycles. The van der Waals surface area contributed by atoms with Crippen molar-refractivity contribution in [2.75, 3.05) is 0 Å². The lowest BCUT2D eigenvalue weighted by molar-refractivity contribution is -0.0644. The molecule has 0 spiro atoms. The molecular weight excluding hydrogens is 216 g/mol. The van der Waals surface area contributed by atoms with Gasteiger partial charge in [-0.1, -0.05) is 18.4 Å². The fourth-order valence-corrected chi connectivity index (χ4v) is 1.11. The molecule has 0 N–H and O–H groups in total. The second-order valence-electron chi connectivity index (χ2n) is 4.27.